The van der Waals surface area contributed by atoms with Crippen LogP contribution in [0.25, 0.3) is 0 Å². The van der Waals surface area contributed by atoms with Gasteiger partial charge in [0.2, 0.25) is 5.91 Å². The molecule has 5 nitrogen and oxygen atoms in total. The average molecular weight is 315 g/mol. The Morgan fingerprint density at radius 1 is 1.35 bits per heavy atom. The van der Waals surface area contributed by atoms with Crippen molar-refractivity contribution in [2.24, 2.45) is 5.92 Å². The zero-order valence-corrected chi connectivity index (χ0v) is 13.8. The van der Waals surface area contributed by atoms with Crippen LogP contribution in [0.5, 0.6) is 0 Å². The van der Waals surface area contributed by atoms with Gasteiger partial charge >= 0.3 is 0 Å². The predicted octanol–water partition coefficient (Wildman–Crippen LogP) is 1.60. The zero-order valence-electron chi connectivity index (χ0n) is 13.8. The van der Waals surface area contributed by atoms with Gasteiger partial charge in [0.05, 0.1) is 24.4 Å². The van der Waals surface area contributed by atoms with Gasteiger partial charge in [0.1, 0.15) is 0 Å². The Kier molecular flexibility index (Phi) is 4.07. The summed E-state index contributed by atoms with van der Waals surface area (Å²) < 4.78 is 5.94. The van der Waals surface area contributed by atoms with Crippen molar-refractivity contribution in [2.45, 2.75) is 44.9 Å². The van der Waals surface area contributed by atoms with Crippen LogP contribution in [0.4, 0.5) is 0 Å². The third kappa shape index (κ3) is 3.40. The van der Waals surface area contributed by atoms with Gasteiger partial charge in [0.25, 0.3) is 0 Å². The van der Waals surface area contributed by atoms with E-state index in [1.165, 1.54) is 12.8 Å². The molecule has 1 aromatic heterocycles. The molecular formula is C18H25N3O2. The molecule has 1 amide bonds. The molecule has 1 aromatic rings. The maximum Gasteiger partial charge on any atom is 0.222 e. The van der Waals surface area contributed by atoms with E-state index in [1.54, 1.807) is 0 Å². The van der Waals surface area contributed by atoms with Crippen molar-refractivity contribution in [3.05, 3.63) is 29.6 Å². The highest BCUT2D eigenvalue weighted by atomic mass is 16.5. The number of morpholine rings is 1. The molecule has 124 valence electrons. The predicted molar refractivity (Wildman–Crippen MR) is 86.8 cm³/mol. The number of amides is 1. The summed E-state index contributed by atoms with van der Waals surface area (Å²) >= 11 is 0. The van der Waals surface area contributed by atoms with Crippen LogP contribution in [0.1, 0.15) is 30.7 Å². The second-order valence-corrected chi connectivity index (χ2v) is 7.16. The van der Waals surface area contributed by atoms with E-state index < -0.39 is 0 Å². The molecule has 23 heavy (non-hydrogen) atoms. The molecule has 0 spiro atoms. The van der Waals surface area contributed by atoms with Crippen molar-refractivity contribution in [3.63, 3.8) is 0 Å². The third-order valence-corrected chi connectivity index (χ3v) is 5.24. The van der Waals surface area contributed by atoms with E-state index in [9.17, 15) is 4.79 Å². The van der Waals surface area contributed by atoms with E-state index in [-0.39, 0.29) is 6.10 Å². The van der Waals surface area contributed by atoms with Gasteiger partial charge in [-0.3, -0.25) is 14.7 Å². The van der Waals surface area contributed by atoms with Gasteiger partial charge in [-0.15, -0.1) is 0 Å². The molecule has 2 saturated heterocycles. The normalized spacial score (nSPS) is 28.0. The second kappa shape index (κ2) is 6.21. The highest BCUT2D eigenvalue weighted by Crippen LogP contribution is 2.34. The Balaban J connectivity index is 1.41. The maximum absolute atomic E-state index is 12.4. The SMILES string of the molecule is Cc1cccc(CN2CCO[C@@H]3CN(C(=O)CC4CC4)C[C@@H]32)n1. The number of aromatic nitrogens is 1. The number of likely N-dealkylation sites (tertiary alicyclic amines) is 1. The number of rotatable bonds is 4. The minimum atomic E-state index is 0.164. The first-order valence-corrected chi connectivity index (χ1v) is 8.75. The fraction of sp³-hybridized carbons (Fsp3) is 0.667. The van der Waals surface area contributed by atoms with E-state index in [2.05, 4.69) is 22.0 Å². The number of hydrogen-bond acceptors (Lipinski definition) is 4. The first kappa shape index (κ1) is 15.1. The summed E-state index contributed by atoms with van der Waals surface area (Å²) in [6.07, 6.45) is 3.36. The summed E-state index contributed by atoms with van der Waals surface area (Å²) in [5.41, 5.74) is 2.16. The van der Waals surface area contributed by atoms with Gasteiger partial charge in [-0.2, -0.15) is 0 Å². The molecule has 1 saturated carbocycles. The number of aryl methyl sites for hydroxylation is 1. The van der Waals surface area contributed by atoms with Crippen LogP contribution >= 0.6 is 0 Å². The van der Waals surface area contributed by atoms with Crippen LogP contribution < -0.4 is 0 Å². The van der Waals surface area contributed by atoms with Crippen molar-refractivity contribution in [1.29, 1.82) is 0 Å². The topological polar surface area (TPSA) is 45.7 Å². The maximum atomic E-state index is 12.4. The zero-order chi connectivity index (χ0) is 15.8. The van der Waals surface area contributed by atoms with Gasteiger partial charge in [0.15, 0.2) is 0 Å². The number of pyridine rings is 1. The number of fused-ring (bicyclic) bond motifs is 1. The van der Waals surface area contributed by atoms with E-state index in [4.69, 9.17) is 4.74 Å². The molecule has 0 N–H and O–H groups in total. The van der Waals surface area contributed by atoms with Crippen molar-refractivity contribution < 1.29 is 9.53 Å². The lowest BCUT2D eigenvalue weighted by Crippen LogP contribution is -2.50. The molecule has 0 aromatic carbocycles. The molecule has 1 aliphatic carbocycles. The summed E-state index contributed by atoms with van der Waals surface area (Å²) in [5, 5.41) is 0. The van der Waals surface area contributed by atoms with E-state index in [0.717, 1.165) is 50.6 Å². The second-order valence-electron chi connectivity index (χ2n) is 7.16. The van der Waals surface area contributed by atoms with Crippen molar-refractivity contribution in [3.8, 4) is 0 Å². The summed E-state index contributed by atoms with van der Waals surface area (Å²) in [6, 6.07) is 6.49. The number of nitrogens with zero attached hydrogens (tertiary/aromatic N) is 3. The quantitative estimate of drug-likeness (QED) is 0.847. The Morgan fingerprint density at radius 3 is 3.00 bits per heavy atom. The largest absolute Gasteiger partial charge is 0.373 e. The van der Waals surface area contributed by atoms with Crippen LogP contribution in [0.3, 0.4) is 0 Å². The van der Waals surface area contributed by atoms with Crippen LogP contribution in [-0.2, 0) is 16.1 Å². The lowest BCUT2D eigenvalue weighted by molar-refractivity contribution is -0.131. The van der Waals surface area contributed by atoms with Crippen molar-refractivity contribution in [2.75, 3.05) is 26.2 Å². The van der Waals surface area contributed by atoms with Gasteiger partial charge in [0, 0.05) is 38.3 Å². The lowest BCUT2D eigenvalue weighted by atomic mass is 10.1. The molecule has 2 atom stereocenters. The molecule has 0 bridgehead atoms. The molecule has 4 rings (SSSR count). The van der Waals surface area contributed by atoms with Gasteiger partial charge in [-0.05, 0) is 37.8 Å². The number of carbonyl (C=O) groups is 1. The minimum absolute atomic E-state index is 0.164. The van der Waals surface area contributed by atoms with Crippen LogP contribution in [0.15, 0.2) is 18.2 Å². The van der Waals surface area contributed by atoms with Crippen molar-refractivity contribution in [1.82, 2.24) is 14.8 Å². The Hall–Kier alpha value is -1.46. The average Bonchev–Trinajstić information content (AvgIpc) is 3.22. The van der Waals surface area contributed by atoms with Crippen LogP contribution in [-0.4, -0.2) is 59.1 Å². The number of carbonyl (C=O) groups excluding carboxylic acids is 1. The van der Waals surface area contributed by atoms with E-state index in [0.29, 0.717) is 17.9 Å². The highest BCUT2D eigenvalue weighted by molar-refractivity contribution is 5.77. The van der Waals surface area contributed by atoms with Crippen LogP contribution in [0, 0.1) is 12.8 Å². The molecule has 0 unspecified atom stereocenters. The number of ether oxygens (including phenoxy) is 1. The molecule has 3 aliphatic rings. The summed E-state index contributed by atoms with van der Waals surface area (Å²) in [5.74, 6) is 0.970. The smallest absolute Gasteiger partial charge is 0.222 e. The monoisotopic (exact) mass is 315 g/mol. The minimum Gasteiger partial charge on any atom is -0.373 e. The third-order valence-electron chi connectivity index (χ3n) is 5.24. The van der Waals surface area contributed by atoms with Crippen molar-refractivity contribution >= 4 is 5.91 Å². The molecule has 0 radical (unpaired) electrons. The first-order valence-electron chi connectivity index (χ1n) is 8.75. The lowest BCUT2D eigenvalue weighted by Gasteiger charge is -2.36. The van der Waals surface area contributed by atoms with Crippen LogP contribution in [0.2, 0.25) is 0 Å². The first-order chi connectivity index (χ1) is 11.2. The Bertz CT molecular complexity index is 587. The van der Waals surface area contributed by atoms with Gasteiger partial charge < -0.3 is 9.64 Å². The highest BCUT2D eigenvalue weighted by Gasteiger charge is 2.42. The standard InChI is InChI=1S/C18H25N3O2/c1-13-3-2-4-15(19-13)10-20-7-8-23-17-12-21(11-16(17)20)18(22)9-14-5-6-14/h2-4,14,16-17H,5-12H2,1H3/t16-,17+/m0/s1. The van der Waals surface area contributed by atoms with E-state index in [1.807, 2.05) is 17.9 Å². The Morgan fingerprint density at radius 2 is 2.22 bits per heavy atom. The van der Waals surface area contributed by atoms with Gasteiger partial charge in [-0.1, -0.05) is 6.07 Å². The summed E-state index contributed by atoms with van der Waals surface area (Å²) in [7, 11) is 0. The number of hydrogen-bond donors (Lipinski definition) is 0. The Labute approximate surface area is 137 Å². The fourth-order valence-corrected chi connectivity index (χ4v) is 3.75. The molecule has 2 aliphatic heterocycles. The molecular weight excluding hydrogens is 290 g/mol. The van der Waals surface area contributed by atoms with E-state index >= 15 is 0 Å². The summed E-state index contributed by atoms with van der Waals surface area (Å²) in [6.45, 7) is 6.10. The molecule has 5 heteroatoms. The molecule has 3 heterocycles. The summed E-state index contributed by atoms with van der Waals surface area (Å²) in [4.78, 5) is 21.5. The molecule has 3 fully saturated rings. The fourth-order valence-electron chi connectivity index (χ4n) is 3.75. The van der Waals surface area contributed by atoms with Gasteiger partial charge in [-0.25, -0.2) is 0 Å².